The van der Waals surface area contributed by atoms with E-state index in [1.54, 1.807) is 0 Å². The van der Waals surface area contributed by atoms with Crippen molar-refractivity contribution in [1.29, 1.82) is 0 Å². The van der Waals surface area contributed by atoms with Crippen molar-refractivity contribution in [3.8, 4) is 11.1 Å². The Morgan fingerprint density at radius 1 is 0.630 bits per heavy atom. The third kappa shape index (κ3) is 6.83. The lowest BCUT2D eigenvalue weighted by Gasteiger charge is -2.21. The van der Waals surface area contributed by atoms with E-state index in [2.05, 4.69) is 55.5 Å². The summed E-state index contributed by atoms with van der Waals surface area (Å²) in [7, 11) is 0. The first kappa shape index (κ1) is 20.2. The molecule has 0 N–H and O–H groups in total. The summed E-state index contributed by atoms with van der Waals surface area (Å²) in [5.74, 6) is 0.980. The van der Waals surface area contributed by atoms with Gasteiger partial charge in [-0.3, -0.25) is 0 Å². The lowest BCUT2D eigenvalue weighted by atomic mass is 9.85. The molecule has 0 spiro atoms. The van der Waals surface area contributed by atoms with E-state index in [0.717, 1.165) is 5.92 Å². The molecule has 0 radical (unpaired) electrons. The molecule has 0 aromatic heterocycles. The first-order valence-electron chi connectivity index (χ1n) is 11.5. The van der Waals surface area contributed by atoms with Gasteiger partial charge in [-0.1, -0.05) is 113 Å². The van der Waals surface area contributed by atoms with Crippen LogP contribution in [-0.4, -0.2) is 0 Å². The molecular formula is C27H38. The molecule has 0 atom stereocenters. The van der Waals surface area contributed by atoms with Crippen LogP contribution >= 0.6 is 0 Å². The van der Waals surface area contributed by atoms with Gasteiger partial charge in [-0.2, -0.15) is 0 Å². The quantitative estimate of drug-likeness (QED) is 0.372. The number of benzene rings is 2. The molecule has 1 aliphatic rings. The predicted octanol–water partition coefficient (Wildman–Crippen LogP) is 8.38. The lowest BCUT2D eigenvalue weighted by molar-refractivity contribution is 0.339. The summed E-state index contributed by atoms with van der Waals surface area (Å²) in [6.07, 6.45) is 18.0. The van der Waals surface area contributed by atoms with Crippen molar-refractivity contribution in [1.82, 2.24) is 0 Å². The van der Waals surface area contributed by atoms with Crippen molar-refractivity contribution in [2.24, 2.45) is 5.92 Å². The first-order valence-corrected chi connectivity index (χ1v) is 11.5. The summed E-state index contributed by atoms with van der Waals surface area (Å²) in [4.78, 5) is 0. The Labute approximate surface area is 167 Å². The van der Waals surface area contributed by atoms with Crippen LogP contribution in [0.1, 0.15) is 88.7 Å². The second-order valence-electron chi connectivity index (χ2n) is 8.60. The van der Waals surface area contributed by atoms with Gasteiger partial charge in [0.15, 0.2) is 0 Å². The van der Waals surface area contributed by atoms with Gasteiger partial charge in [0.25, 0.3) is 0 Å². The van der Waals surface area contributed by atoms with Gasteiger partial charge in [0.1, 0.15) is 0 Å². The SMILES string of the molecule is CCCCCCCc1ccc(-c2ccc(CCC3CCCCC3)cc2)cc1. The molecule has 2 aromatic rings. The highest BCUT2D eigenvalue weighted by molar-refractivity contribution is 5.63. The summed E-state index contributed by atoms with van der Waals surface area (Å²) in [5.41, 5.74) is 5.70. The van der Waals surface area contributed by atoms with Gasteiger partial charge in [0, 0.05) is 0 Å². The van der Waals surface area contributed by atoms with Crippen LogP contribution in [-0.2, 0) is 12.8 Å². The fraction of sp³-hybridized carbons (Fsp3) is 0.556. The highest BCUT2D eigenvalue weighted by Gasteiger charge is 2.13. The van der Waals surface area contributed by atoms with E-state index in [0.29, 0.717) is 0 Å². The summed E-state index contributed by atoms with van der Waals surface area (Å²) < 4.78 is 0. The van der Waals surface area contributed by atoms with E-state index in [1.807, 2.05) is 0 Å². The molecule has 0 unspecified atom stereocenters. The van der Waals surface area contributed by atoms with Crippen molar-refractivity contribution < 1.29 is 0 Å². The molecule has 146 valence electrons. The highest BCUT2D eigenvalue weighted by atomic mass is 14.2. The largest absolute Gasteiger partial charge is 0.0654 e. The molecule has 2 aromatic carbocycles. The Morgan fingerprint density at radius 2 is 1.19 bits per heavy atom. The minimum atomic E-state index is 0.980. The molecule has 0 heterocycles. The standard InChI is InChI=1S/C27H38/c1-2-3-4-5-7-12-24-15-19-26(20-16-24)27-21-17-25(18-22-27)14-13-23-10-8-6-9-11-23/h15-23H,2-14H2,1H3. The highest BCUT2D eigenvalue weighted by Crippen LogP contribution is 2.28. The van der Waals surface area contributed by atoms with Crippen LogP contribution < -0.4 is 0 Å². The zero-order valence-corrected chi connectivity index (χ0v) is 17.4. The summed E-state index contributed by atoms with van der Waals surface area (Å²) in [5, 5.41) is 0. The Hall–Kier alpha value is -1.56. The second kappa shape index (κ2) is 11.3. The molecule has 1 fully saturated rings. The van der Waals surface area contributed by atoms with Gasteiger partial charge in [-0.15, -0.1) is 0 Å². The van der Waals surface area contributed by atoms with E-state index in [-0.39, 0.29) is 0 Å². The van der Waals surface area contributed by atoms with Gasteiger partial charge in [-0.05, 0) is 53.9 Å². The van der Waals surface area contributed by atoms with E-state index >= 15 is 0 Å². The van der Waals surface area contributed by atoms with Crippen molar-refractivity contribution >= 4 is 0 Å². The smallest absolute Gasteiger partial charge is 0.0184 e. The Balaban J connectivity index is 1.46. The Bertz CT molecular complexity index is 629. The molecule has 0 bridgehead atoms. The number of rotatable bonds is 10. The van der Waals surface area contributed by atoms with Crippen molar-refractivity contribution in [2.45, 2.75) is 90.4 Å². The topological polar surface area (TPSA) is 0 Å². The molecule has 1 aliphatic carbocycles. The van der Waals surface area contributed by atoms with Crippen LogP contribution in [0.15, 0.2) is 48.5 Å². The molecule has 1 saturated carbocycles. The number of hydrogen-bond donors (Lipinski definition) is 0. The normalized spacial score (nSPS) is 15.1. The molecule has 0 aliphatic heterocycles. The third-order valence-electron chi connectivity index (χ3n) is 6.38. The molecule has 0 amide bonds. The Morgan fingerprint density at radius 3 is 1.78 bits per heavy atom. The van der Waals surface area contributed by atoms with Crippen LogP contribution in [0.5, 0.6) is 0 Å². The minimum Gasteiger partial charge on any atom is -0.0654 e. The zero-order valence-electron chi connectivity index (χ0n) is 17.4. The molecule has 27 heavy (non-hydrogen) atoms. The average molecular weight is 363 g/mol. The number of unbranched alkanes of at least 4 members (excludes halogenated alkanes) is 4. The maximum Gasteiger partial charge on any atom is -0.0184 e. The van der Waals surface area contributed by atoms with E-state index < -0.39 is 0 Å². The minimum absolute atomic E-state index is 0.980. The van der Waals surface area contributed by atoms with E-state index in [9.17, 15) is 0 Å². The van der Waals surface area contributed by atoms with Gasteiger partial charge in [0.2, 0.25) is 0 Å². The second-order valence-corrected chi connectivity index (χ2v) is 8.60. The van der Waals surface area contributed by atoms with Gasteiger partial charge >= 0.3 is 0 Å². The van der Waals surface area contributed by atoms with Crippen LogP contribution in [0.2, 0.25) is 0 Å². The molecule has 0 nitrogen and oxygen atoms in total. The predicted molar refractivity (Wildman–Crippen MR) is 119 cm³/mol. The third-order valence-corrected chi connectivity index (χ3v) is 6.38. The first-order chi connectivity index (χ1) is 13.3. The molecule has 3 rings (SSSR count). The number of aryl methyl sites for hydroxylation is 2. The van der Waals surface area contributed by atoms with Gasteiger partial charge in [0.05, 0.1) is 0 Å². The average Bonchev–Trinajstić information content (AvgIpc) is 2.74. The van der Waals surface area contributed by atoms with Crippen molar-refractivity contribution in [2.75, 3.05) is 0 Å². The Kier molecular flexibility index (Phi) is 8.46. The van der Waals surface area contributed by atoms with Crippen LogP contribution in [0.4, 0.5) is 0 Å². The number of hydrogen-bond acceptors (Lipinski definition) is 0. The van der Waals surface area contributed by atoms with Crippen LogP contribution in [0.25, 0.3) is 11.1 Å². The van der Waals surface area contributed by atoms with Crippen LogP contribution in [0, 0.1) is 5.92 Å². The zero-order chi connectivity index (χ0) is 18.7. The van der Waals surface area contributed by atoms with Gasteiger partial charge < -0.3 is 0 Å². The molecule has 0 saturated heterocycles. The van der Waals surface area contributed by atoms with E-state index in [4.69, 9.17) is 0 Å². The monoisotopic (exact) mass is 362 g/mol. The van der Waals surface area contributed by atoms with Gasteiger partial charge in [-0.25, -0.2) is 0 Å². The summed E-state index contributed by atoms with van der Waals surface area (Å²) >= 11 is 0. The maximum absolute atomic E-state index is 2.35. The molecular weight excluding hydrogens is 324 g/mol. The fourth-order valence-electron chi connectivity index (χ4n) is 4.51. The van der Waals surface area contributed by atoms with Crippen molar-refractivity contribution in [3.05, 3.63) is 59.7 Å². The van der Waals surface area contributed by atoms with Crippen molar-refractivity contribution in [3.63, 3.8) is 0 Å². The lowest BCUT2D eigenvalue weighted by Crippen LogP contribution is -2.07. The molecule has 0 heteroatoms. The fourth-order valence-corrected chi connectivity index (χ4v) is 4.51. The summed E-state index contributed by atoms with van der Waals surface area (Å²) in [6, 6.07) is 18.6. The van der Waals surface area contributed by atoms with E-state index in [1.165, 1.54) is 106 Å². The van der Waals surface area contributed by atoms with Crippen LogP contribution in [0.3, 0.4) is 0 Å². The summed E-state index contributed by atoms with van der Waals surface area (Å²) in [6.45, 7) is 2.28. The maximum atomic E-state index is 2.35.